The summed E-state index contributed by atoms with van der Waals surface area (Å²) in [7, 11) is 2.12. The van der Waals surface area contributed by atoms with Gasteiger partial charge in [0.2, 0.25) is 0 Å². The van der Waals surface area contributed by atoms with Crippen LogP contribution in [0.25, 0.3) is 0 Å². The number of hydrogen-bond acceptors (Lipinski definition) is 5. The average molecular weight is 357 g/mol. The van der Waals surface area contributed by atoms with Crippen molar-refractivity contribution >= 4 is 0 Å². The highest BCUT2D eigenvalue weighted by Crippen LogP contribution is 2.17. The van der Waals surface area contributed by atoms with Gasteiger partial charge in [0.05, 0.1) is 24.1 Å². The van der Waals surface area contributed by atoms with Crippen molar-refractivity contribution in [2.24, 2.45) is 0 Å². The molecule has 0 aliphatic carbocycles. The third kappa shape index (κ3) is 5.53. The van der Waals surface area contributed by atoms with Gasteiger partial charge in [-0.2, -0.15) is 18.3 Å². The number of piperidine rings is 1. The predicted molar refractivity (Wildman–Crippen MR) is 84.8 cm³/mol. The first kappa shape index (κ1) is 17.9. The first-order valence-corrected chi connectivity index (χ1v) is 8.27. The minimum absolute atomic E-state index is 0.298. The van der Waals surface area contributed by atoms with Crippen LogP contribution in [0.2, 0.25) is 0 Å². The van der Waals surface area contributed by atoms with Crippen LogP contribution in [-0.2, 0) is 19.6 Å². The van der Waals surface area contributed by atoms with Gasteiger partial charge >= 0.3 is 6.18 Å². The molecule has 0 saturated carbocycles. The molecule has 3 heterocycles. The Labute approximate surface area is 143 Å². The Kier molecular flexibility index (Phi) is 5.38. The third-order valence-corrected chi connectivity index (χ3v) is 4.24. The zero-order valence-corrected chi connectivity index (χ0v) is 14.1. The first-order chi connectivity index (χ1) is 11.9. The van der Waals surface area contributed by atoms with E-state index in [-0.39, 0.29) is 0 Å². The van der Waals surface area contributed by atoms with Gasteiger partial charge in [-0.25, -0.2) is 4.68 Å². The largest absolute Gasteiger partial charge is 0.408 e. The molecule has 1 aliphatic rings. The fourth-order valence-corrected chi connectivity index (χ4v) is 2.88. The van der Waals surface area contributed by atoms with Crippen LogP contribution in [-0.4, -0.2) is 62.0 Å². The van der Waals surface area contributed by atoms with Crippen LogP contribution in [0, 0.1) is 0 Å². The van der Waals surface area contributed by atoms with Crippen molar-refractivity contribution in [2.45, 2.75) is 44.7 Å². The van der Waals surface area contributed by atoms with Crippen molar-refractivity contribution in [2.75, 3.05) is 20.1 Å². The lowest BCUT2D eigenvalue weighted by Crippen LogP contribution is -2.40. The average Bonchev–Trinajstić information content (AvgIpc) is 3.15. The van der Waals surface area contributed by atoms with E-state index >= 15 is 0 Å². The quantitative estimate of drug-likeness (QED) is 0.844. The second kappa shape index (κ2) is 7.52. The Balaban J connectivity index is 1.48. The van der Waals surface area contributed by atoms with Crippen molar-refractivity contribution in [1.82, 2.24) is 35.0 Å². The molecular weight excluding hydrogens is 335 g/mol. The van der Waals surface area contributed by atoms with Crippen LogP contribution in [0.1, 0.15) is 24.2 Å². The number of nitrogens with zero attached hydrogens (tertiary/aromatic N) is 6. The molecule has 7 nitrogen and oxygen atoms in total. The summed E-state index contributed by atoms with van der Waals surface area (Å²) in [5.74, 6) is 0. The van der Waals surface area contributed by atoms with E-state index < -0.39 is 12.7 Å². The summed E-state index contributed by atoms with van der Waals surface area (Å²) < 4.78 is 39.5. The van der Waals surface area contributed by atoms with Crippen LogP contribution in [0.15, 0.2) is 18.5 Å². The second-order valence-electron chi connectivity index (χ2n) is 6.49. The predicted octanol–water partition coefficient (Wildman–Crippen LogP) is 1.27. The molecule has 2 aromatic heterocycles. The third-order valence-electron chi connectivity index (χ3n) is 4.24. The summed E-state index contributed by atoms with van der Waals surface area (Å²) in [6.07, 6.45) is 1.07. The molecule has 0 atom stereocenters. The van der Waals surface area contributed by atoms with Crippen molar-refractivity contribution in [3.63, 3.8) is 0 Å². The molecule has 3 rings (SSSR count). The maximum atomic E-state index is 12.3. The molecule has 10 heteroatoms. The first-order valence-electron chi connectivity index (χ1n) is 8.27. The number of alkyl halides is 3. The molecule has 1 saturated heterocycles. The number of nitrogens with one attached hydrogen (secondary N) is 1. The Hall–Kier alpha value is -1.94. The molecule has 0 radical (unpaired) electrons. The molecule has 2 aromatic rings. The van der Waals surface area contributed by atoms with Crippen LogP contribution >= 0.6 is 0 Å². The second-order valence-corrected chi connectivity index (χ2v) is 6.49. The van der Waals surface area contributed by atoms with Crippen LogP contribution < -0.4 is 5.32 Å². The fourth-order valence-electron chi connectivity index (χ4n) is 2.88. The van der Waals surface area contributed by atoms with E-state index in [1.165, 1.54) is 6.20 Å². The molecule has 1 fully saturated rings. The van der Waals surface area contributed by atoms with Crippen molar-refractivity contribution in [1.29, 1.82) is 0 Å². The highest BCUT2D eigenvalue weighted by molar-refractivity contribution is 5.01. The standard InChI is InChI=1S/C15H22F3N7/c1-23-5-2-12(3-6-23)19-8-14-10-25(22-20-14)9-13-4-7-24(21-13)11-15(16,17)18/h4,7,10,12,19H,2-3,5-6,8-9,11H2,1H3. The zero-order chi connectivity index (χ0) is 17.9. The van der Waals surface area contributed by atoms with E-state index in [9.17, 15) is 13.2 Å². The van der Waals surface area contributed by atoms with Gasteiger partial charge in [0.1, 0.15) is 6.54 Å². The summed E-state index contributed by atoms with van der Waals surface area (Å²) in [5.41, 5.74) is 1.33. The van der Waals surface area contributed by atoms with Crippen molar-refractivity contribution < 1.29 is 13.2 Å². The smallest absolute Gasteiger partial charge is 0.308 e. The number of halogens is 3. The zero-order valence-electron chi connectivity index (χ0n) is 14.1. The maximum absolute atomic E-state index is 12.3. The monoisotopic (exact) mass is 357 g/mol. The Bertz CT molecular complexity index is 671. The maximum Gasteiger partial charge on any atom is 0.408 e. The Morgan fingerprint density at radius 1 is 1.20 bits per heavy atom. The highest BCUT2D eigenvalue weighted by Gasteiger charge is 2.28. The van der Waals surface area contributed by atoms with Gasteiger partial charge in [0.15, 0.2) is 0 Å². The lowest BCUT2D eigenvalue weighted by Gasteiger charge is -2.29. The van der Waals surface area contributed by atoms with Gasteiger partial charge in [-0.3, -0.25) is 4.68 Å². The fraction of sp³-hybridized carbons (Fsp3) is 0.667. The number of hydrogen-bond donors (Lipinski definition) is 1. The van der Waals surface area contributed by atoms with Crippen LogP contribution in [0.4, 0.5) is 13.2 Å². The molecule has 0 amide bonds. The number of likely N-dealkylation sites (tertiary alicyclic amines) is 1. The van der Waals surface area contributed by atoms with E-state index in [2.05, 4.69) is 32.7 Å². The summed E-state index contributed by atoms with van der Waals surface area (Å²) in [4.78, 5) is 2.31. The number of rotatable bonds is 6. The number of aromatic nitrogens is 5. The molecule has 0 bridgehead atoms. The summed E-state index contributed by atoms with van der Waals surface area (Å²) >= 11 is 0. The Morgan fingerprint density at radius 3 is 2.68 bits per heavy atom. The van der Waals surface area contributed by atoms with Crippen LogP contribution in [0.5, 0.6) is 0 Å². The molecule has 1 aliphatic heterocycles. The van der Waals surface area contributed by atoms with Gasteiger partial charge in [-0.05, 0) is 39.0 Å². The SMILES string of the molecule is CN1CCC(NCc2cn(Cc3ccn(CC(F)(F)F)n3)nn2)CC1. The molecule has 0 aromatic carbocycles. The summed E-state index contributed by atoms with van der Waals surface area (Å²) in [6.45, 7) is 2.02. The summed E-state index contributed by atoms with van der Waals surface area (Å²) in [5, 5.41) is 15.5. The van der Waals surface area contributed by atoms with Gasteiger partial charge < -0.3 is 10.2 Å². The van der Waals surface area contributed by atoms with Gasteiger partial charge in [0, 0.05) is 18.8 Å². The molecule has 0 spiro atoms. The minimum Gasteiger partial charge on any atom is -0.308 e. The van der Waals surface area contributed by atoms with E-state index in [1.54, 1.807) is 16.9 Å². The minimum atomic E-state index is -4.27. The lowest BCUT2D eigenvalue weighted by atomic mass is 10.1. The van der Waals surface area contributed by atoms with E-state index in [4.69, 9.17) is 0 Å². The Morgan fingerprint density at radius 2 is 1.96 bits per heavy atom. The van der Waals surface area contributed by atoms with E-state index in [0.717, 1.165) is 36.3 Å². The van der Waals surface area contributed by atoms with E-state index in [0.29, 0.717) is 24.8 Å². The van der Waals surface area contributed by atoms with Crippen molar-refractivity contribution in [3.8, 4) is 0 Å². The van der Waals surface area contributed by atoms with E-state index in [1.807, 2.05) is 0 Å². The van der Waals surface area contributed by atoms with Crippen molar-refractivity contribution in [3.05, 3.63) is 29.8 Å². The highest BCUT2D eigenvalue weighted by atomic mass is 19.4. The molecule has 0 unspecified atom stereocenters. The van der Waals surface area contributed by atoms with Gasteiger partial charge in [0.25, 0.3) is 0 Å². The van der Waals surface area contributed by atoms with Crippen LogP contribution in [0.3, 0.4) is 0 Å². The molecule has 25 heavy (non-hydrogen) atoms. The molecule has 1 N–H and O–H groups in total. The normalized spacial score (nSPS) is 17.3. The van der Waals surface area contributed by atoms with Gasteiger partial charge in [-0.1, -0.05) is 5.21 Å². The summed E-state index contributed by atoms with van der Waals surface area (Å²) in [6, 6.07) is 2.04. The van der Waals surface area contributed by atoms with Gasteiger partial charge in [-0.15, -0.1) is 5.10 Å². The molecule has 138 valence electrons. The topological polar surface area (TPSA) is 63.8 Å². The lowest BCUT2D eigenvalue weighted by molar-refractivity contribution is -0.142. The molecular formula is C15H22F3N7.